The summed E-state index contributed by atoms with van der Waals surface area (Å²) in [4.78, 5) is 0. The molecule has 0 saturated heterocycles. The topological polar surface area (TPSA) is 47.9 Å². The van der Waals surface area contributed by atoms with Crippen molar-refractivity contribution in [2.45, 2.75) is 6.29 Å². The highest BCUT2D eigenvalue weighted by Gasteiger charge is 2.18. The Hall–Kier alpha value is -1.42. The van der Waals surface area contributed by atoms with Crippen LogP contribution in [0.3, 0.4) is 0 Å². The first-order valence-electron chi connectivity index (χ1n) is 3.95. The highest BCUT2D eigenvalue weighted by atomic mass is 16.7. The van der Waals surface area contributed by atoms with Crippen LogP contribution in [0.15, 0.2) is 18.2 Å². The van der Waals surface area contributed by atoms with Crippen LogP contribution in [0.2, 0.25) is 0 Å². The fourth-order valence-electron chi connectivity index (χ4n) is 1.17. The van der Waals surface area contributed by atoms with Crippen LogP contribution in [0.4, 0.5) is 0 Å². The molecule has 1 aromatic rings. The monoisotopic (exact) mass is 182 g/mol. The standard InChI is InChI=1S/C9H10O4/c1-11-6-2-3-7-8(4-6)12-5-9(10)13-7/h2-4,9-10H,5H2,1H3. The summed E-state index contributed by atoms with van der Waals surface area (Å²) in [5, 5.41) is 9.10. The molecule has 0 radical (unpaired) electrons. The maximum atomic E-state index is 9.10. The Labute approximate surface area is 75.7 Å². The molecule has 0 fully saturated rings. The minimum atomic E-state index is -0.874. The summed E-state index contributed by atoms with van der Waals surface area (Å²) in [6, 6.07) is 5.18. The van der Waals surface area contributed by atoms with Gasteiger partial charge in [0.25, 0.3) is 0 Å². The van der Waals surface area contributed by atoms with Crippen LogP contribution < -0.4 is 14.2 Å². The van der Waals surface area contributed by atoms with E-state index in [2.05, 4.69) is 0 Å². The molecule has 1 N–H and O–H groups in total. The average Bonchev–Trinajstić information content (AvgIpc) is 2.17. The van der Waals surface area contributed by atoms with E-state index in [4.69, 9.17) is 19.3 Å². The lowest BCUT2D eigenvalue weighted by molar-refractivity contribution is -0.0670. The van der Waals surface area contributed by atoms with Gasteiger partial charge >= 0.3 is 0 Å². The zero-order valence-electron chi connectivity index (χ0n) is 7.19. The summed E-state index contributed by atoms with van der Waals surface area (Å²) in [6.45, 7) is 0.153. The summed E-state index contributed by atoms with van der Waals surface area (Å²) in [7, 11) is 1.58. The molecule has 4 nitrogen and oxygen atoms in total. The number of hydrogen-bond acceptors (Lipinski definition) is 4. The zero-order valence-corrected chi connectivity index (χ0v) is 7.19. The van der Waals surface area contributed by atoms with Gasteiger partial charge in [-0.3, -0.25) is 0 Å². The van der Waals surface area contributed by atoms with Gasteiger partial charge in [0.05, 0.1) is 7.11 Å². The number of ether oxygens (including phenoxy) is 3. The normalized spacial score (nSPS) is 19.7. The SMILES string of the molecule is COc1ccc2c(c1)OCC(O)O2. The Morgan fingerprint density at radius 1 is 1.46 bits per heavy atom. The maximum Gasteiger partial charge on any atom is 0.232 e. The molecule has 1 aliphatic heterocycles. The summed E-state index contributed by atoms with van der Waals surface area (Å²) in [5.41, 5.74) is 0. The molecule has 1 aliphatic rings. The van der Waals surface area contributed by atoms with Gasteiger partial charge in [0.15, 0.2) is 18.1 Å². The molecule has 0 aromatic heterocycles. The van der Waals surface area contributed by atoms with E-state index in [0.717, 1.165) is 0 Å². The molecule has 0 bridgehead atoms. The molecular formula is C9H10O4. The lowest BCUT2D eigenvalue weighted by Crippen LogP contribution is -2.28. The van der Waals surface area contributed by atoms with Crippen LogP contribution in [-0.4, -0.2) is 25.1 Å². The second-order valence-electron chi connectivity index (χ2n) is 2.70. The number of rotatable bonds is 1. The number of methoxy groups -OCH3 is 1. The summed E-state index contributed by atoms with van der Waals surface area (Å²) in [6.07, 6.45) is -0.874. The van der Waals surface area contributed by atoms with Crippen molar-refractivity contribution >= 4 is 0 Å². The summed E-state index contributed by atoms with van der Waals surface area (Å²) < 4.78 is 15.3. The van der Waals surface area contributed by atoms with Gasteiger partial charge in [-0.15, -0.1) is 0 Å². The molecular weight excluding hydrogens is 172 g/mol. The van der Waals surface area contributed by atoms with Crippen LogP contribution in [0.25, 0.3) is 0 Å². The third-order valence-corrected chi connectivity index (χ3v) is 1.80. The van der Waals surface area contributed by atoms with E-state index in [1.54, 1.807) is 25.3 Å². The minimum absolute atomic E-state index is 0.153. The first-order chi connectivity index (χ1) is 6.29. The molecule has 1 aromatic carbocycles. The Balaban J connectivity index is 2.31. The quantitative estimate of drug-likeness (QED) is 0.697. The van der Waals surface area contributed by atoms with Crippen molar-refractivity contribution in [2.24, 2.45) is 0 Å². The van der Waals surface area contributed by atoms with Gasteiger partial charge in [-0.25, -0.2) is 0 Å². The first-order valence-corrected chi connectivity index (χ1v) is 3.95. The van der Waals surface area contributed by atoms with Crippen molar-refractivity contribution in [2.75, 3.05) is 13.7 Å². The molecule has 2 rings (SSSR count). The van der Waals surface area contributed by atoms with E-state index in [1.165, 1.54) is 0 Å². The highest BCUT2D eigenvalue weighted by Crippen LogP contribution is 2.34. The van der Waals surface area contributed by atoms with Crippen molar-refractivity contribution in [1.29, 1.82) is 0 Å². The Morgan fingerprint density at radius 2 is 2.31 bits per heavy atom. The van der Waals surface area contributed by atoms with E-state index in [-0.39, 0.29) is 6.61 Å². The van der Waals surface area contributed by atoms with Crippen LogP contribution in [0.1, 0.15) is 0 Å². The molecule has 1 unspecified atom stereocenters. The average molecular weight is 182 g/mol. The van der Waals surface area contributed by atoms with E-state index in [9.17, 15) is 0 Å². The predicted octanol–water partition coefficient (Wildman–Crippen LogP) is 0.785. The predicted molar refractivity (Wildman–Crippen MR) is 45.1 cm³/mol. The van der Waals surface area contributed by atoms with E-state index < -0.39 is 6.29 Å². The minimum Gasteiger partial charge on any atom is -0.497 e. The summed E-state index contributed by atoms with van der Waals surface area (Å²) >= 11 is 0. The van der Waals surface area contributed by atoms with Crippen molar-refractivity contribution in [3.8, 4) is 17.2 Å². The molecule has 4 heteroatoms. The molecule has 0 spiro atoms. The zero-order chi connectivity index (χ0) is 9.26. The highest BCUT2D eigenvalue weighted by molar-refractivity contribution is 5.46. The van der Waals surface area contributed by atoms with Crippen LogP contribution in [-0.2, 0) is 0 Å². The molecule has 0 saturated carbocycles. The molecule has 1 heterocycles. The number of aliphatic hydroxyl groups excluding tert-OH is 1. The van der Waals surface area contributed by atoms with Gasteiger partial charge < -0.3 is 19.3 Å². The molecule has 0 amide bonds. The maximum absolute atomic E-state index is 9.10. The summed E-state index contributed by atoms with van der Waals surface area (Å²) in [5.74, 6) is 1.85. The number of benzene rings is 1. The van der Waals surface area contributed by atoms with Crippen molar-refractivity contribution in [3.05, 3.63) is 18.2 Å². The van der Waals surface area contributed by atoms with E-state index in [0.29, 0.717) is 17.2 Å². The first kappa shape index (κ1) is 8.19. The molecule has 0 aliphatic carbocycles. The van der Waals surface area contributed by atoms with Gasteiger partial charge in [0, 0.05) is 6.07 Å². The van der Waals surface area contributed by atoms with E-state index >= 15 is 0 Å². The van der Waals surface area contributed by atoms with Gasteiger partial charge in [0.2, 0.25) is 6.29 Å². The smallest absolute Gasteiger partial charge is 0.232 e. The van der Waals surface area contributed by atoms with Gasteiger partial charge in [-0.05, 0) is 12.1 Å². The van der Waals surface area contributed by atoms with Gasteiger partial charge in [-0.1, -0.05) is 0 Å². The van der Waals surface area contributed by atoms with Crippen LogP contribution >= 0.6 is 0 Å². The van der Waals surface area contributed by atoms with Crippen LogP contribution in [0.5, 0.6) is 17.2 Å². The second-order valence-corrected chi connectivity index (χ2v) is 2.70. The Bertz CT molecular complexity index is 310. The molecule has 70 valence electrons. The van der Waals surface area contributed by atoms with Crippen LogP contribution in [0, 0.1) is 0 Å². The number of aliphatic hydroxyl groups is 1. The van der Waals surface area contributed by atoms with Crippen molar-refractivity contribution < 1.29 is 19.3 Å². The molecule has 13 heavy (non-hydrogen) atoms. The van der Waals surface area contributed by atoms with Crippen molar-refractivity contribution in [1.82, 2.24) is 0 Å². The van der Waals surface area contributed by atoms with Gasteiger partial charge in [-0.2, -0.15) is 0 Å². The largest absolute Gasteiger partial charge is 0.497 e. The van der Waals surface area contributed by atoms with Crippen molar-refractivity contribution in [3.63, 3.8) is 0 Å². The second kappa shape index (κ2) is 3.14. The molecule has 1 atom stereocenters. The lowest BCUT2D eigenvalue weighted by atomic mass is 10.3. The van der Waals surface area contributed by atoms with E-state index in [1.807, 2.05) is 0 Å². The number of fused-ring (bicyclic) bond motifs is 1. The third-order valence-electron chi connectivity index (χ3n) is 1.80. The fraction of sp³-hybridized carbons (Fsp3) is 0.333. The third kappa shape index (κ3) is 1.53. The van der Waals surface area contributed by atoms with Gasteiger partial charge in [0.1, 0.15) is 5.75 Å². The lowest BCUT2D eigenvalue weighted by Gasteiger charge is -2.22. The Kier molecular flexibility index (Phi) is 1.98. The Morgan fingerprint density at radius 3 is 3.08 bits per heavy atom. The number of hydrogen-bond donors (Lipinski definition) is 1. The fourth-order valence-corrected chi connectivity index (χ4v) is 1.17.